The van der Waals surface area contributed by atoms with Crippen LogP contribution in [0.3, 0.4) is 0 Å². The maximum absolute atomic E-state index is 12.9. The first-order chi connectivity index (χ1) is 17.1. The molecule has 0 atom stereocenters. The van der Waals surface area contributed by atoms with Crippen LogP contribution in [0.15, 0.2) is 64.4 Å². The van der Waals surface area contributed by atoms with Gasteiger partial charge in [-0.2, -0.15) is 4.98 Å². The van der Waals surface area contributed by atoms with Crippen LogP contribution in [0, 0.1) is 5.41 Å². The lowest BCUT2D eigenvalue weighted by Gasteiger charge is -2.22. The fourth-order valence-electron chi connectivity index (χ4n) is 3.63. The molecule has 0 radical (unpaired) electrons. The van der Waals surface area contributed by atoms with E-state index in [1.54, 1.807) is 39.3 Å². The van der Waals surface area contributed by atoms with Crippen molar-refractivity contribution in [3.63, 3.8) is 0 Å². The summed E-state index contributed by atoms with van der Waals surface area (Å²) in [6.07, 6.45) is 0.511. The van der Waals surface area contributed by atoms with Crippen molar-refractivity contribution in [3.8, 4) is 17.2 Å². The summed E-state index contributed by atoms with van der Waals surface area (Å²) in [6.45, 7) is 5.59. The summed E-state index contributed by atoms with van der Waals surface area (Å²) in [7, 11) is 3.25. The molecule has 9 nitrogen and oxygen atoms in total. The van der Waals surface area contributed by atoms with E-state index in [2.05, 4.69) is 20.8 Å². The van der Waals surface area contributed by atoms with Crippen LogP contribution in [0.4, 0.5) is 5.69 Å². The third-order valence-electron chi connectivity index (χ3n) is 5.49. The van der Waals surface area contributed by atoms with E-state index in [9.17, 15) is 9.59 Å². The molecule has 0 aliphatic heterocycles. The van der Waals surface area contributed by atoms with Gasteiger partial charge in [0.15, 0.2) is 11.5 Å². The van der Waals surface area contributed by atoms with Gasteiger partial charge < -0.3 is 19.9 Å². The van der Waals surface area contributed by atoms with Gasteiger partial charge in [-0.1, -0.05) is 48.8 Å². The van der Waals surface area contributed by atoms with Crippen LogP contribution in [0.1, 0.15) is 33.0 Å². The summed E-state index contributed by atoms with van der Waals surface area (Å²) in [5, 5.41) is 11.8. The van der Waals surface area contributed by atoms with E-state index in [0.717, 1.165) is 5.69 Å². The molecule has 0 unspecified atom stereocenters. The zero-order valence-electron chi connectivity index (χ0n) is 21.0. The van der Waals surface area contributed by atoms with E-state index < -0.39 is 5.41 Å². The van der Waals surface area contributed by atoms with Gasteiger partial charge in [-0.15, -0.1) is 0 Å². The molecule has 2 amide bonds. The lowest BCUT2D eigenvalue weighted by molar-refractivity contribution is -0.479. The van der Waals surface area contributed by atoms with Crippen LogP contribution in [0.5, 0.6) is 5.75 Å². The van der Waals surface area contributed by atoms with Crippen molar-refractivity contribution in [2.45, 2.75) is 33.6 Å². The first-order valence-electron chi connectivity index (χ1n) is 11.4. The molecular formula is C26H31ClN5O4+. The summed E-state index contributed by atoms with van der Waals surface area (Å²) in [5.41, 5.74) is 1.59. The first-order valence-corrected chi connectivity index (χ1v) is 11.8. The number of allylic oxidation sites excluding steroid dienone is 1. The Bertz CT molecular complexity index is 1250. The van der Waals surface area contributed by atoms with Gasteiger partial charge in [0.2, 0.25) is 5.91 Å². The number of primary amides is 1. The number of methoxy groups -OCH3 is 1. The lowest BCUT2D eigenvalue weighted by Crippen LogP contribution is -2.83. The summed E-state index contributed by atoms with van der Waals surface area (Å²) >= 11 is 6.11. The molecule has 1 aromatic heterocycles. The molecule has 190 valence electrons. The number of hydrogen-bond donors (Lipinski definition) is 3. The molecule has 0 aliphatic carbocycles. The first kappa shape index (κ1) is 26.9. The van der Waals surface area contributed by atoms with Gasteiger partial charge in [-0.3, -0.25) is 4.79 Å². The second-order valence-corrected chi connectivity index (χ2v) is 9.53. The fraction of sp³-hybridized carbons (Fsp3) is 0.308. The minimum atomic E-state index is -0.519. The number of para-hydroxylation sites is 1. The maximum atomic E-state index is 12.9. The lowest BCUT2D eigenvalue weighted by atomic mass is 9.85. The number of nitrogens with one attached hydrogen (secondary N) is 2. The molecule has 36 heavy (non-hydrogen) atoms. The Morgan fingerprint density at radius 1 is 1.17 bits per heavy atom. The molecule has 3 aromatic rings. The highest BCUT2D eigenvalue weighted by molar-refractivity contribution is 6.30. The van der Waals surface area contributed by atoms with E-state index in [1.807, 2.05) is 44.2 Å². The molecular weight excluding hydrogens is 482 g/mol. The maximum Gasteiger partial charge on any atom is 0.365 e. The summed E-state index contributed by atoms with van der Waals surface area (Å²) < 4.78 is 10.8. The monoisotopic (exact) mass is 512 g/mol. The fourth-order valence-corrected chi connectivity index (χ4v) is 3.80. The third kappa shape index (κ3) is 7.16. The zero-order chi connectivity index (χ0) is 26.3. The second-order valence-electron chi connectivity index (χ2n) is 9.10. The zero-order valence-corrected chi connectivity index (χ0v) is 21.8. The smallest absolute Gasteiger partial charge is 0.365 e. The van der Waals surface area contributed by atoms with Gasteiger partial charge in [0, 0.05) is 30.6 Å². The molecule has 0 aliphatic rings. The van der Waals surface area contributed by atoms with Gasteiger partial charge in [-0.25, -0.2) is 10.1 Å². The largest absolute Gasteiger partial charge is 0.496 e. The highest BCUT2D eigenvalue weighted by atomic mass is 35.5. The van der Waals surface area contributed by atoms with Crippen molar-refractivity contribution in [2.75, 3.05) is 14.2 Å². The Labute approximate surface area is 215 Å². The molecule has 10 heteroatoms. The predicted octanol–water partition coefficient (Wildman–Crippen LogP) is 3.35. The molecule has 0 saturated carbocycles. The third-order valence-corrected chi connectivity index (χ3v) is 5.73. The minimum Gasteiger partial charge on any atom is -0.496 e. The van der Waals surface area contributed by atoms with Crippen LogP contribution in [0.25, 0.3) is 11.5 Å². The van der Waals surface area contributed by atoms with Gasteiger partial charge in [0.1, 0.15) is 11.4 Å². The standard InChI is InChI=1S/C26H30ClN5O4/c1-16(28-4)23(24(34)29-18-9-7-6-8-10-18)31-22(33)15-26(2,3)14-21-30-25(36-32-21)19-13-17(27)11-12-20(19)35-5/h6-13,28H,14-15H2,1-5H3,(H,29,34)(H,31,33)/p+1/b23-16+. The number of hydrogen-bond acceptors (Lipinski definition) is 7. The van der Waals surface area contributed by atoms with Crippen LogP contribution in [-0.4, -0.2) is 36.1 Å². The molecule has 0 fully saturated rings. The molecule has 3 rings (SSSR count). The summed E-state index contributed by atoms with van der Waals surface area (Å²) in [6, 6.07) is 14.4. The van der Waals surface area contributed by atoms with Crippen molar-refractivity contribution in [3.05, 3.63) is 70.8 Å². The topological polar surface area (TPSA) is 123 Å². The highest BCUT2D eigenvalue weighted by Gasteiger charge is 2.28. The van der Waals surface area contributed by atoms with Crippen LogP contribution < -0.4 is 20.7 Å². The highest BCUT2D eigenvalue weighted by Crippen LogP contribution is 2.32. The molecule has 0 spiro atoms. The number of quaternary nitrogens is 1. The Balaban J connectivity index is 1.68. The van der Waals surface area contributed by atoms with Crippen molar-refractivity contribution < 1.29 is 24.2 Å². The molecule has 0 saturated heterocycles. The van der Waals surface area contributed by atoms with Crippen LogP contribution in [0.2, 0.25) is 5.02 Å². The average Bonchev–Trinajstić information content (AvgIpc) is 3.29. The number of carbonyl (C=O) groups excluding carboxylic acids is 2. The summed E-state index contributed by atoms with van der Waals surface area (Å²) in [5.74, 6) is 0.698. The number of carbonyl (C=O) groups is 2. The van der Waals surface area contributed by atoms with Crippen LogP contribution >= 0.6 is 11.6 Å². The Morgan fingerprint density at radius 3 is 2.56 bits per heavy atom. The minimum absolute atomic E-state index is 0.135. The number of nitrogens with two attached hydrogens (primary N) is 1. The second kappa shape index (κ2) is 11.8. The van der Waals surface area contributed by atoms with Crippen molar-refractivity contribution in [1.82, 2.24) is 20.8 Å². The SMILES string of the molecule is CN/C(C)=C(/NC(=O)CC(C)(C)Cc1noc(-c2cc(Cl)ccc2OC)n1)C(=O)[NH2+]c1ccccc1. The number of amides is 2. The van der Waals surface area contributed by atoms with Gasteiger partial charge in [-0.05, 0) is 42.7 Å². The number of halogens is 1. The van der Waals surface area contributed by atoms with Crippen molar-refractivity contribution >= 4 is 29.1 Å². The van der Waals surface area contributed by atoms with E-state index in [-0.39, 0.29) is 29.8 Å². The number of benzene rings is 2. The number of nitrogens with zero attached hydrogens (tertiary/aromatic N) is 2. The number of aromatic nitrogens is 2. The van der Waals surface area contributed by atoms with E-state index >= 15 is 0 Å². The Kier molecular flexibility index (Phi) is 8.84. The Hall–Kier alpha value is -3.69. The molecule has 2 aromatic carbocycles. The van der Waals surface area contributed by atoms with E-state index in [1.165, 1.54) is 5.32 Å². The predicted molar refractivity (Wildman–Crippen MR) is 136 cm³/mol. The quantitative estimate of drug-likeness (QED) is 0.281. The average molecular weight is 513 g/mol. The van der Waals surface area contributed by atoms with E-state index in [0.29, 0.717) is 34.3 Å². The van der Waals surface area contributed by atoms with Gasteiger partial charge >= 0.3 is 5.91 Å². The molecule has 1 heterocycles. The van der Waals surface area contributed by atoms with E-state index in [4.69, 9.17) is 20.9 Å². The van der Waals surface area contributed by atoms with Gasteiger partial charge in [0.25, 0.3) is 5.89 Å². The Morgan fingerprint density at radius 2 is 1.89 bits per heavy atom. The van der Waals surface area contributed by atoms with Crippen LogP contribution in [-0.2, 0) is 16.0 Å². The molecule has 4 N–H and O–H groups in total. The number of ether oxygens (including phenoxy) is 1. The number of rotatable bonds is 10. The molecule has 0 bridgehead atoms. The van der Waals surface area contributed by atoms with Crippen molar-refractivity contribution in [2.24, 2.45) is 5.41 Å². The van der Waals surface area contributed by atoms with Gasteiger partial charge in [0.05, 0.1) is 12.7 Å². The van der Waals surface area contributed by atoms with Crippen molar-refractivity contribution in [1.29, 1.82) is 0 Å². The summed E-state index contributed by atoms with van der Waals surface area (Å²) in [4.78, 5) is 30.3. The normalized spacial score (nSPS) is 12.1.